The van der Waals surface area contributed by atoms with E-state index in [-0.39, 0.29) is 12.1 Å². The topological polar surface area (TPSA) is 35.5 Å². The van der Waals surface area contributed by atoms with E-state index in [9.17, 15) is 4.79 Å². The Bertz CT molecular complexity index is 123. The van der Waals surface area contributed by atoms with Crippen molar-refractivity contribution < 1.29 is 14.3 Å². The first-order chi connectivity index (χ1) is 5.66. The molecular weight excluding hydrogens is 156 g/mol. The van der Waals surface area contributed by atoms with Crippen LogP contribution in [0.4, 0.5) is 0 Å². The molecule has 0 N–H and O–H groups in total. The van der Waals surface area contributed by atoms with E-state index in [0.29, 0.717) is 6.61 Å². The second kappa shape index (κ2) is 7.10. The lowest BCUT2D eigenvalue weighted by Gasteiger charge is -2.11. The molecule has 0 aromatic heterocycles. The van der Waals surface area contributed by atoms with Gasteiger partial charge in [0.15, 0.2) is 0 Å². The maximum Gasteiger partial charge on any atom is 0.302 e. The second-order valence-electron chi connectivity index (χ2n) is 2.85. The molecule has 12 heavy (non-hydrogen) atoms. The molecule has 0 aliphatic carbocycles. The molecule has 0 rings (SSSR count). The number of carbonyl (C=O) groups is 1. The summed E-state index contributed by atoms with van der Waals surface area (Å²) in [7, 11) is 0. The van der Waals surface area contributed by atoms with Gasteiger partial charge >= 0.3 is 5.97 Å². The van der Waals surface area contributed by atoms with Gasteiger partial charge in [-0.1, -0.05) is 13.3 Å². The molecular formula is C9H18O3. The number of hydrogen-bond donors (Lipinski definition) is 0. The summed E-state index contributed by atoms with van der Waals surface area (Å²) in [5.41, 5.74) is 0. The van der Waals surface area contributed by atoms with Crippen molar-refractivity contribution in [3.8, 4) is 0 Å². The lowest BCUT2D eigenvalue weighted by molar-refractivity contribution is -0.148. The fourth-order valence-corrected chi connectivity index (χ4v) is 0.813. The summed E-state index contributed by atoms with van der Waals surface area (Å²) in [6, 6.07) is 0. The number of carbonyl (C=O) groups excluding carboxylic acids is 1. The van der Waals surface area contributed by atoms with Crippen molar-refractivity contribution >= 4 is 5.97 Å². The lowest BCUT2D eigenvalue weighted by atomic mass is 10.3. The third-order valence-electron chi connectivity index (χ3n) is 1.36. The van der Waals surface area contributed by atoms with Crippen LogP contribution in [0.15, 0.2) is 0 Å². The van der Waals surface area contributed by atoms with E-state index in [1.807, 2.05) is 6.92 Å². The molecule has 0 heterocycles. The number of hydrogen-bond acceptors (Lipinski definition) is 3. The van der Waals surface area contributed by atoms with Crippen LogP contribution in [0, 0.1) is 0 Å². The van der Waals surface area contributed by atoms with Crippen molar-refractivity contribution in [2.45, 2.75) is 39.7 Å². The average molecular weight is 174 g/mol. The normalized spacial score (nSPS) is 12.6. The Morgan fingerprint density at radius 1 is 1.50 bits per heavy atom. The summed E-state index contributed by atoms with van der Waals surface area (Å²) >= 11 is 0. The van der Waals surface area contributed by atoms with E-state index < -0.39 is 0 Å². The molecule has 0 aliphatic heterocycles. The minimum Gasteiger partial charge on any atom is -0.460 e. The van der Waals surface area contributed by atoms with Gasteiger partial charge in [0.05, 0.1) is 6.61 Å². The number of rotatable bonds is 6. The highest BCUT2D eigenvalue weighted by atomic mass is 16.6. The molecule has 0 unspecified atom stereocenters. The zero-order valence-electron chi connectivity index (χ0n) is 8.13. The Morgan fingerprint density at radius 3 is 2.67 bits per heavy atom. The molecule has 0 amide bonds. The molecule has 0 radical (unpaired) electrons. The predicted molar refractivity (Wildman–Crippen MR) is 47.0 cm³/mol. The van der Waals surface area contributed by atoms with E-state index in [1.165, 1.54) is 6.92 Å². The van der Waals surface area contributed by atoms with Crippen LogP contribution in [0.2, 0.25) is 0 Å². The summed E-state index contributed by atoms with van der Waals surface area (Å²) in [6.07, 6.45) is 2.06. The maximum absolute atomic E-state index is 10.5. The van der Waals surface area contributed by atoms with Crippen LogP contribution >= 0.6 is 0 Å². The molecule has 0 aliphatic rings. The Morgan fingerprint density at radius 2 is 2.17 bits per heavy atom. The van der Waals surface area contributed by atoms with Crippen LogP contribution in [0.1, 0.15) is 33.6 Å². The third-order valence-corrected chi connectivity index (χ3v) is 1.36. The molecule has 0 bridgehead atoms. The smallest absolute Gasteiger partial charge is 0.302 e. The fourth-order valence-electron chi connectivity index (χ4n) is 0.813. The minimum atomic E-state index is -0.249. The van der Waals surface area contributed by atoms with Gasteiger partial charge in [-0.15, -0.1) is 0 Å². The highest BCUT2D eigenvalue weighted by Crippen LogP contribution is 1.94. The zero-order chi connectivity index (χ0) is 9.40. The SMILES string of the molecule is CCCCOC[C@H](C)OC(C)=O. The van der Waals surface area contributed by atoms with E-state index in [0.717, 1.165) is 19.4 Å². The third kappa shape index (κ3) is 7.54. The van der Waals surface area contributed by atoms with Gasteiger partial charge in [-0.25, -0.2) is 0 Å². The van der Waals surface area contributed by atoms with Gasteiger partial charge < -0.3 is 9.47 Å². The first-order valence-electron chi connectivity index (χ1n) is 4.41. The quantitative estimate of drug-likeness (QED) is 0.454. The number of unbranched alkanes of at least 4 members (excludes halogenated alkanes) is 1. The average Bonchev–Trinajstić information content (AvgIpc) is 1.97. The number of ether oxygens (including phenoxy) is 2. The molecule has 3 heteroatoms. The van der Waals surface area contributed by atoms with Gasteiger partial charge in [-0.05, 0) is 13.3 Å². The Balaban J connectivity index is 3.19. The molecule has 1 atom stereocenters. The molecule has 0 saturated heterocycles. The Kier molecular flexibility index (Phi) is 6.76. The van der Waals surface area contributed by atoms with Crippen molar-refractivity contribution in [3.63, 3.8) is 0 Å². The first-order valence-corrected chi connectivity index (χ1v) is 4.41. The lowest BCUT2D eigenvalue weighted by Crippen LogP contribution is -2.18. The predicted octanol–water partition coefficient (Wildman–Crippen LogP) is 1.75. The maximum atomic E-state index is 10.5. The summed E-state index contributed by atoms with van der Waals surface area (Å²) in [4.78, 5) is 10.5. The van der Waals surface area contributed by atoms with Crippen LogP contribution in [-0.4, -0.2) is 25.3 Å². The van der Waals surface area contributed by atoms with Crippen molar-refractivity contribution in [3.05, 3.63) is 0 Å². The van der Waals surface area contributed by atoms with Gasteiger partial charge in [0.1, 0.15) is 6.10 Å². The van der Waals surface area contributed by atoms with Crippen molar-refractivity contribution in [2.75, 3.05) is 13.2 Å². The molecule has 0 aromatic rings. The fraction of sp³-hybridized carbons (Fsp3) is 0.889. The van der Waals surface area contributed by atoms with Crippen LogP contribution in [0.5, 0.6) is 0 Å². The molecule has 3 nitrogen and oxygen atoms in total. The van der Waals surface area contributed by atoms with Crippen molar-refractivity contribution in [1.29, 1.82) is 0 Å². The van der Waals surface area contributed by atoms with Gasteiger partial charge in [-0.2, -0.15) is 0 Å². The van der Waals surface area contributed by atoms with Gasteiger partial charge in [0, 0.05) is 13.5 Å². The zero-order valence-corrected chi connectivity index (χ0v) is 8.13. The Hall–Kier alpha value is -0.570. The van der Waals surface area contributed by atoms with E-state index >= 15 is 0 Å². The van der Waals surface area contributed by atoms with Crippen molar-refractivity contribution in [2.24, 2.45) is 0 Å². The number of esters is 1. The molecule has 0 spiro atoms. The summed E-state index contributed by atoms with van der Waals surface area (Å²) < 4.78 is 10.1. The first kappa shape index (κ1) is 11.4. The molecule has 0 fully saturated rings. The van der Waals surface area contributed by atoms with E-state index in [4.69, 9.17) is 9.47 Å². The van der Waals surface area contributed by atoms with Crippen LogP contribution in [-0.2, 0) is 14.3 Å². The van der Waals surface area contributed by atoms with Gasteiger partial charge in [0.2, 0.25) is 0 Å². The summed E-state index contributed by atoms with van der Waals surface area (Å²) in [5, 5.41) is 0. The molecule has 0 saturated carbocycles. The second-order valence-corrected chi connectivity index (χ2v) is 2.85. The van der Waals surface area contributed by atoms with Gasteiger partial charge in [0.25, 0.3) is 0 Å². The van der Waals surface area contributed by atoms with Crippen LogP contribution in [0.3, 0.4) is 0 Å². The largest absolute Gasteiger partial charge is 0.460 e. The summed E-state index contributed by atoms with van der Waals surface area (Å²) in [5.74, 6) is -0.249. The highest BCUT2D eigenvalue weighted by Gasteiger charge is 2.03. The van der Waals surface area contributed by atoms with E-state index in [1.54, 1.807) is 0 Å². The van der Waals surface area contributed by atoms with Crippen molar-refractivity contribution in [1.82, 2.24) is 0 Å². The Labute approximate surface area is 74.0 Å². The van der Waals surface area contributed by atoms with Crippen LogP contribution in [0.25, 0.3) is 0 Å². The van der Waals surface area contributed by atoms with Crippen LogP contribution < -0.4 is 0 Å². The van der Waals surface area contributed by atoms with E-state index in [2.05, 4.69) is 6.92 Å². The molecule has 0 aromatic carbocycles. The standard InChI is InChI=1S/C9H18O3/c1-4-5-6-11-7-8(2)12-9(3)10/h8H,4-7H2,1-3H3/t8-/m0/s1. The molecule has 72 valence electrons. The highest BCUT2D eigenvalue weighted by molar-refractivity contribution is 5.66. The van der Waals surface area contributed by atoms with Gasteiger partial charge in [-0.3, -0.25) is 4.79 Å². The summed E-state index contributed by atoms with van der Waals surface area (Å²) in [6.45, 7) is 6.59. The monoisotopic (exact) mass is 174 g/mol. The minimum absolute atomic E-state index is 0.126.